The maximum Gasteiger partial charge on any atom is 0.420 e. The SMILES string of the molecule is COc1cccc(OC)c1C(=O)[P+](=O)CCCCCCCCC1CCCCC1. The van der Waals surface area contributed by atoms with Gasteiger partial charge < -0.3 is 9.47 Å². The lowest BCUT2D eigenvalue weighted by Crippen LogP contribution is -2.05. The quantitative estimate of drug-likeness (QED) is 0.261. The second kappa shape index (κ2) is 12.9. The Hall–Kier alpha value is -1.41. The van der Waals surface area contributed by atoms with Gasteiger partial charge in [-0.2, -0.15) is 0 Å². The van der Waals surface area contributed by atoms with Crippen LogP contribution in [0.25, 0.3) is 0 Å². The Morgan fingerprint density at radius 1 is 0.929 bits per heavy atom. The molecule has 2 rings (SSSR count). The molecule has 1 saturated carbocycles. The summed E-state index contributed by atoms with van der Waals surface area (Å²) in [6, 6.07) is 5.16. The first kappa shape index (κ1) is 22.9. The summed E-state index contributed by atoms with van der Waals surface area (Å²) in [5.41, 5.74) is -0.0619. The Kier molecular flexibility index (Phi) is 10.6. The number of hydrogen-bond donors (Lipinski definition) is 0. The van der Waals surface area contributed by atoms with Crippen LogP contribution in [-0.4, -0.2) is 25.9 Å². The van der Waals surface area contributed by atoms with Crippen LogP contribution in [0.15, 0.2) is 18.2 Å². The monoisotopic (exact) mass is 407 g/mol. The van der Waals surface area contributed by atoms with E-state index in [2.05, 4.69) is 0 Å². The number of carbonyl (C=O) groups is 1. The third kappa shape index (κ3) is 7.20. The van der Waals surface area contributed by atoms with E-state index >= 15 is 0 Å². The van der Waals surface area contributed by atoms with Gasteiger partial charge in [-0.1, -0.05) is 74.8 Å². The van der Waals surface area contributed by atoms with Crippen molar-refractivity contribution in [1.29, 1.82) is 0 Å². The minimum Gasteiger partial charge on any atom is -0.496 e. The Morgan fingerprint density at radius 3 is 2.11 bits per heavy atom. The minimum atomic E-state index is -1.95. The first-order valence-electron chi connectivity index (χ1n) is 10.9. The van der Waals surface area contributed by atoms with Crippen LogP contribution in [0.1, 0.15) is 87.4 Å². The summed E-state index contributed by atoms with van der Waals surface area (Å²) in [5.74, 6) is 1.83. The van der Waals surface area contributed by atoms with Gasteiger partial charge in [0.25, 0.3) is 0 Å². The lowest BCUT2D eigenvalue weighted by Gasteiger charge is -2.21. The van der Waals surface area contributed by atoms with Crippen molar-refractivity contribution in [1.82, 2.24) is 0 Å². The van der Waals surface area contributed by atoms with Gasteiger partial charge in [0.15, 0.2) is 11.7 Å². The fourth-order valence-corrected chi connectivity index (χ4v) is 5.34. The molecule has 0 aromatic heterocycles. The average Bonchev–Trinajstić information content (AvgIpc) is 2.74. The highest BCUT2D eigenvalue weighted by atomic mass is 31.1. The predicted octanol–water partition coefficient (Wildman–Crippen LogP) is 6.98. The van der Waals surface area contributed by atoms with Gasteiger partial charge in [-0.3, -0.25) is 0 Å². The molecular weight excluding hydrogens is 371 g/mol. The smallest absolute Gasteiger partial charge is 0.420 e. The van der Waals surface area contributed by atoms with Crippen LogP contribution in [0.5, 0.6) is 11.5 Å². The zero-order valence-corrected chi connectivity index (χ0v) is 18.5. The topological polar surface area (TPSA) is 52.6 Å². The van der Waals surface area contributed by atoms with Gasteiger partial charge in [-0.05, 0) is 30.9 Å². The van der Waals surface area contributed by atoms with Gasteiger partial charge in [0.05, 0.1) is 14.2 Å². The van der Waals surface area contributed by atoms with Gasteiger partial charge in [-0.25, -0.2) is 4.79 Å². The van der Waals surface area contributed by atoms with Crippen LogP contribution in [0.3, 0.4) is 0 Å². The zero-order valence-electron chi connectivity index (χ0n) is 17.6. The summed E-state index contributed by atoms with van der Waals surface area (Å²) < 4.78 is 23.0. The number of unbranched alkanes of at least 4 members (excludes halogenated alkanes) is 5. The summed E-state index contributed by atoms with van der Waals surface area (Å²) in [6.07, 6.45) is 16.0. The first-order valence-corrected chi connectivity index (χ1v) is 12.3. The fourth-order valence-electron chi connectivity index (χ4n) is 4.16. The van der Waals surface area contributed by atoms with E-state index in [9.17, 15) is 9.36 Å². The summed E-state index contributed by atoms with van der Waals surface area (Å²) in [7, 11) is 1.07. The highest BCUT2D eigenvalue weighted by Crippen LogP contribution is 2.38. The Balaban J connectivity index is 1.62. The highest BCUT2D eigenvalue weighted by Gasteiger charge is 2.34. The normalized spacial score (nSPS) is 15.3. The molecule has 0 heterocycles. The van der Waals surface area contributed by atoms with Crippen molar-refractivity contribution in [3.8, 4) is 11.5 Å². The molecule has 0 saturated heterocycles. The highest BCUT2D eigenvalue weighted by molar-refractivity contribution is 7.64. The van der Waals surface area contributed by atoms with Gasteiger partial charge in [-0.15, -0.1) is 0 Å². The van der Waals surface area contributed by atoms with Crippen LogP contribution < -0.4 is 9.47 Å². The molecule has 0 spiro atoms. The first-order chi connectivity index (χ1) is 13.7. The van der Waals surface area contributed by atoms with Gasteiger partial charge >= 0.3 is 13.3 Å². The molecule has 0 amide bonds. The van der Waals surface area contributed by atoms with Crippen LogP contribution in [0, 0.1) is 5.92 Å². The van der Waals surface area contributed by atoms with Gasteiger partial charge in [0, 0.05) is 0 Å². The number of rotatable bonds is 13. The van der Waals surface area contributed by atoms with Gasteiger partial charge in [0.1, 0.15) is 11.5 Å². The number of benzene rings is 1. The molecular formula is C23H36O4P+. The van der Waals surface area contributed by atoms with E-state index in [0.29, 0.717) is 23.2 Å². The Bertz CT molecular complexity index is 601. The number of methoxy groups -OCH3 is 2. The predicted molar refractivity (Wildman–Crippen MR) is 115 cm³/mol. The summed E-state index contributed by atoms with van der Waals surface area (Å²) in [6.45, 7) is 0. The summed E-state index contributed by atoms with van der Waals surface area (Å²) >= 11 is 0. The third-order valence-corrected chi connectivity index (χ3v) is 7.22. The van der Waals surface area contributed by atoms with Crippen molar-refractivity contribution in [2.24, 2.45) is 5.92 Å². The third-order valence-electron chi connectivity index (χ3n) is 5.82. The Labute approximate surface area is 171 Å². The Morgan fingerprint density at radius 2 is 1.50 bits per heavy atom. The summed E-state index contributed by atoms with van der Waals surface area (Å²) in [4.78, 5) is 12.6. The van der Waals surface area contributed by atoms with E-state index in [1.807, 2.05) is 0 Å². The average molecular weight is 408 g/mol. The molecule has 1 aromatic carbocycles. The van der Waals surface area contributed by atoms with E-state index < -0.39 is 7.80 Å². The van der Waals surface area contributed by atoms with Crippen LogP contribution in [-0.2, 0) is 4.57 Å². The number of ether oxygens (including phenoxy) is 2. The molecule has 5 heteroatoms. The molecule has 1 aliphatic rings. The van der Waals surface area contributed by atoms with Crippen LogP contribution in [0.4, 0.5) is 0 Å². The molecule has 1 atom stereocenters. The molecule has 0 radical (unpaired) electrons. The van der Waals surface area contributed by atoms with Gasteiger partial charge in [0.2, 0.25) is 0 Å². The largest absolute Gasteiger partial charge is 0.496 e. The fraction of sp³-hybridized carbons (Fsp3) is 0.696. The number of hydrogen-bond acceptors (Lipinski definition) is 4. The van der Waals surface area contributed by atoms with E-state index in [0.717, 1.165) is 18.8 Å². The van der Waals surface area contributed by atoms with E-state index in [1.54, 1.807) is 18.2 Å². The number of carbonyl (C=O) groups excluding carboxylic acids is 1. The molecule has 1 fully saturated rings. The zero-order chi connectivity index (χ0) is 20.2. The molecule has 28 heavy (non-hydrogen) atoms. The second-order valence-electron chi connectivity index (χ2n) is 7.86. The maximum atomic E-state index is 12.6. The van der Waals surface area contributed by atoms with E-state index in [1.165, 1.54) is 78.4 Å². The molecule has 0 aliphatic heterocycles. The van der Waals surface area contributed by atoms with Crippen molar-refractivity contribution >= 4 is 13.3 Å². The van der Waals surface area contributed by atoms with Crippen molar-refractivity contribution in [3.05, 3.63) is 23.8 Å². The lowest BCUT2D eigenvalue weighted by atomic mass is 9.85. The van der Waals surface area contributed by atoms with E-state index in [-0.39, 0.29) is 5.52 Å². The molecule has 4 nitrogen and oxygen atoms in total. The second-order valence-corrected chi connectivity index (χ2v) is 9.47. The summed E-state index contributed by atoms with van der Waals surface area (Å²) in [5, 5.41) is 0. The molecule has 1 aromatic rings. The van der Waals surface area contributed by atoms with Crippen LogP contribution in [0.2, 0.25) is 0 Å². The molecule has 0 N–H and O–H groups in total. The van der Waals surface area contributed by atoms with Crippen molar-refractivity contribution in [3.63, 3.8) is 0 Å². The van der Waals surface area contributed by atoms with Crippen LogP contribution >= 0.6 is 7.80 Å². The van der Waals surface area contributed by atoms with Crippen molar-refractivity contribution in [2.75, 3.05) is 20.4 Å². The molecule has 1 aliphatic carbocycles. The molecule has 156 valence electrons. The minimum absolute atomic E-state index is 0.302. The van der Waals surface area contributed by atoms with Crippen molar-refractivity contribution in [2.45, 2.75) is 77.0 Å². The lowest BCUT2D eigenvalue weighted by molar-refractivity contribution is 0.107. The maximum absolute atomic E-state index is 12.6. The van der Waals surface area contributed by atoms with E-state index in [4.69, 9.17) is 9.47 Å². The standard InChI is InChI=1S/C23H36O4P/c1-26-20-16-12-17-21(27-2)22(20)23(24)28(25)18-11-6-4-3-5-8-13-19-14-9-7-10-15-19/h12,16-17,19H,3-11,13-15,18H2,1-2H3/q+1. The molecule has 1 unspecified atom stereocenters. The van der Waals surface area contributed by atoms with Crippen molar-refractivity contribution < 1.29 is 18.8 Å². The molecule has 0 bridgehead atoms.